The lowest BCUT2D eigenvalue weighted by Crippen LogP contribution is -2.21. The molecule has 2 atom stereocenters. The Morgan fingerprint density at radius 1 is 1.09 bits per heavy atom. The van der Waals surface area contributed by atoms with Crippen molar-refractivity contribution < 1.29 is 14.9 Å². The highest BCUT2D eigenvalue weighted by molar-refractivity contribution is 5.51. The largest absolute Gasteiger partial charge is 0.508 e. The summed E-state index contributed by atoms with van der Waals surface area (Å²) in [6.07, 6.45) is 10.2. The van der Waals surface area contributed by atoms with Crippen molar-refractivity contribution in [3.63, 3.8) is 0 Å². The maximum atomic E-state index is 11.1. The van der Waals surface area contributed by atoms with Gasteiger partial charge in [-0.25, -0.2) is 0 Å². The van der Waals surface area contributed by atoms with Crippen LogP contribution in [0.15, 0.2) is 12.1 Å². The molecule has 4 heteroatoms. The van der Waals surface area contributed by atoms with Gasteiger partial charge in [0.05, 0.1) is 6.10 Å². The highest BCUT2D eigenvalue weighted by atomic mass is 16.5. The van der Waals surface area contributed by atoms with E-state index in [1.54, 1.807) is 0 Å². The molecular weight excluding hydrogens is 398 g/mol. The third-order valence-corrected chi connectivity index (χ3v) is 6.69. The summed E-state index contributed by atoms with van der Waals surface area (Å²) in [6, 6.07) is 4.16. The van der Waals surface area contributed by atoms with Gasteiger partial charge in [-0.2, -0.15) is 0 Å². The lowest BCUT2D eigenvalue weighted by Gasteiger charge is -2.32. The van der Waals surface area contributed by atoms with E-state index < -0.39 is 0 Å². The van der Waals surface area contributed by atoms with E-state index in [1.807, 2.05) is 40.8 Å². The average molecular weight is 450 g/mol. The Morgan fingerprint density at radius 2 is 1.78 bits per heavy atom. The summed E-state index contributed by atoms with van der Waals surface area (Å²) in [7, 11) is 2.01. The summed E-state index contributed by atoms with van der Waals surface area (Å²) in [5.41, 5.74) is 2.10. The van der Waals surface area contributed by atoms with Crippen LogP contribution in [0.3, 0.4) is 0 Å². The summed E-state index contributed by atoms with van der Waals surface area (Å²) < 4.78 is 6.22. The quantitative estimate of drug-likeness (QED) is 0.303. The van der Waals surface area contributed by atoms with Crippen LogP contribution in [0.25, 0.3) is 0 Å². The maximum Gasteiger partial charge on any atom is 0.127 e. The summed E-state index contributed by atoms with van der Waals surface area (Å²) in [6.45, 7) is 14.0. The smallest absolute Gasteiger partial charge is 0.127 e. The summed E-state index contributed by atoms with van der Waals surface area (Å²) in [5.74, 6) is 1.79. The molecule has 0 saturated heterocycles. The Bertz CT molecular complexity index is 642. The van der Waals surface area contributed by atoms with E-state index in [1.165, 1.54) is 25.7 Å². The SMILES string of the molecule is CC.CNCCCCCCC(C)(C)c1cc(O)c(C2CCCC(CO)C2)c(OC(C)C)c1. The Hall–Kier alpha value is -1.26. The van der Waals surface area contributed by atoms with Crippen LogP contribution >= 0.6 is 0 Å². The highest BCUT2D eigenvalue weighted by Gasteiger charge is 2.30. The van der Waals surface area contributed by atoms with Crippen LogP contribution < -0.4 is 10.1 Å². The first-order valence-electron chi connectivity index (χ1n) is 13.1. The van der Waals surface area contributed by atoms with Crippen LogP contribution in [-0.2, 0) is 5.41 Å². The van der Waals surface area contributed by atoms with Crippen molar-refractivity contribution in [3.05, 3.63) is 23.3 Å². The molecule has 0 bridgehead atoms. The number of nitrogens with one attached hydrogen (secondary N) is 1. The Balaban J connectivity index is 0.00000249. The molecule has 2 rings (SSSR count). The molecule has 0 aromatic heterocycles. The molecule has 32 heavy (non-hydrogen) atoms. The van der Waals surface area contributed by atoms with E-state index >= 15 is 0 Å². The molecule has 0 amide bonds. The fourth-order valence-electron chi connectivity index (χ4n) is 4.85. The minimum atomic E-state index is -0.00565. The minimum absolute atomic E-state index is 0.00565. The number of aliphatic hydroxyl groups excluding tert-OH is 1. The van der Waals surface area contributed by atoms with Gasteiger partial charge in [0.15, 0.2) is 0 Å². The number of hydrogen-bond acceptors (Lipinski definition) is 4. The molecule has 1 aromatic rings. The van der Waals surface area contributed by atoms with Crippen molar-refractivity contribution in [1.82, 2.24) is 5.32 Å². The topological polar surface area (TPSA) is 61.7 Å². The van der Waals surface area contributed by atoms with Gasteiger partial charge < -0.3 is 20.3 Å². The number of phenols is 1. The van der Waals surface area contributed by atoms with E-state index in [4.69, 9.17) is 4.74 Å². The number of ether oxygens (including phenoxy) is 1. The highest BCUT2D eigenvalue weighted by Crippen LogP contribution is 2.46. The molecule has 3 N–H and O–H groups in total. The molecule has 1 aliphatic rings. The zero-order chi connectivity index (χ0) is 24.1. The van der Waals surface area contributed by atoms with Gasteiger partial charge in [0.25, 0.3) is 0 Å². The van der Waals surface area contributed by atoms with Gasteiger partial charge in [0.1, 0.15) is 11.5 Å². The third kappa shape index (κ3) is 8.94. The number of hydrogen-bond donors (Lipinski definition) is 3. The van der Waals surface area contributed by atoms with Gasteiger partial charge in [-0.3, -0.25) is 0 Å². The van der Waals surface area contributed by atoms with Crippen molar-refractivity contribution in [1.29, 1.82) is 0 Å². The van der Waals surface area contributed by atoms with Crippen molar-refractivity contribution in [2.75, 3.05) is 20.2 Å². The maximum absolute atomic E-state index is 11.1. The van der Waals surface area contributed by atoms with Gasteiger partial charge in [-0.05, 0) is 94.5 Å². The molecule has 0 heterocycles. The van der Waals surface area contributed by atoms with Crippen molar-refractivity contribution in [2.24, 2.45) is 5.92 Å². The third-order valence-electron chi connectivity index (χ3n) is 6.69. The Morgan fingerprint density at radius 3 is 2.41 bits per heavy atom. The molecule has 1 fully saturated rings. The number of aliphatic hydroxyl groups is 1. The van der Waals surface area contributed by atoms with Crippen LogP contribution in [0.4, 0.5) is 0 Å². The van der Waals surface area contributed by atoms with E-state index in [0.717, 1.165) is 55.5 Å². The average Bonchev–Trinajstić information content (AvgIpc) is 2.77. The molecule has 186 valence electrons. The number of benzene rings is 1. The second-order valence-electron chi connectivity index (χ2n) is 10.1. The van der Waals surface area contributed by atoms with E-state index in [0.29, 0.717) is 11.7 Å². The lowest BCUT2D eigenvalue weighted by molar-refractivity contribution is 0.175. The van der Waals surface area contributed by atoms with E-state index in [2.05, 4.69) is 25.2 Å². The second-order valence-corrected chi connectivity index (χ2v) is 10.1. The van der Waals surface area contributed by atoms with Crippen molar-refractivity contribution in [3.8, 4) is 11.5 Å². The summed E-state index contributed by atoms with van der Waals surface area (Å²) in [4.78, 5) is 0. The first-order valence-corrected chi connectivity index (χ1v) is 13.1. The van der Waals surface area contributed by atoms with Crippen molar-refractivity contribution in [2.45, 2.75) is 117 Å². The van der Waals surface area contributed by atoms with Gasteiger partial charge in [0.2, 0.25) is 0 Å². The van der Waals surface area contributed by atoms with Crippen LogP contribution in [0.2, 0.25) is 0 Å². The second kappa shape index (κ2) is 14.8. The van der Waals surface area contributed by atoms with Crippen molar-refractivity contribution >= 4 is 0 Å². The zero-order valence-corrected chi connectivity index (χ0v) is 22.0. The predicted molar refractivity (Wildman–Crippen MR) is 137 cm³/mol. The van der Waals surface area contributed by atoms with Gasteiger partial charge in [0, 0.05) is 12.2 Å². The fourth-order valence-corrected chi connectivity index (χ4v) is 4.85. The monoisotopic (exact) mass is 449 g/mol. The van der Waals surface area contributed by atoms with Gasteiger partial charge in [-0.15, -0.1) is 0 Å². The summed E-state index contributed by atoms with van der Waals surface area (Å²) >= 11 is 0. The molecule has 1 aliphatic carbocycles. The molecule has 0 aliphatic heterocycles. The number of unbranched alkanes of at least 4 members (excludes halogenated alkanes) is 3. The first kappa shape index (κ1) is 28.8. The normalized spacial score (nSPS) is 18.9. The molecule has 2 unspecified atom stereocenters. The summed E-state index contributed by atoms with van der Waals surface area (Å²) in [5, 5.41) is 23.9. The Kier molecular flexibility index (Phi) is 13.3. The number of rotatable bonds is 12. The van der Waals surface area contributed by atoms with Crippen LogP contribution in [0.1, 0.15) is 116 Å². The lowest BCUT2D eigenvalue weighted by atomic mass is 9.75. The molecule has 0 spiro atoms. The van der Waals surface area contributed by atoms with Gasteiger partial charge in [-0.1, -0.05) is 53.4 Å². The van der Waals surface area contributed by atoms with Crippen LogP contribution in [0.5, 0.6) is 11.5 Å². The molecule has 0 radical (unpaired) electrons. The van der Waals surface area contributed by atoms with Crippen LogP contribution in [-0.4, -0.2) is 36.5 Å². The number of aromatic hydroxyl groups is 1. The molecule has 1 saturated carbocycles. The van der Waals surface area contributed by atoms with E-state index in [-0.39, 0.29) is 24.0 Å². The first-order chi connectivity index (χ1) is 15.3. The van der Waals surface area contributed by atoms with Gasteiger partial charge >= 0.3 is 0 Å². The van der Waals surface area contributed by atoms with E-state index in [9.17, 15) is 10.2 Å². The molecule has 4 nitrogen and oxygen atoms in total. The zero-order valence-electron chi connectivity index (χ0n) is 22.0. The standard InChI is InChI=1S/C26H45NO3.C2H6/c1-19(2)30-24-17-22(26(3,4)13-8-6-7-9-14-27-5)16-23(29)25(24)21-12-10-11-20(15-21)18-28;1-2/h16-17,19-21,27-29H,6-15,18H2,1-5H3;1-2H3. The minimum Gasteiger partial charge on any atom is -0.508 e. The Labute approximate surface area is 198 Å². The molecular formula is C28H51NO3. The fraction of sp³-hybridized carbons (Fsp3) is 0.786. The number of phenolic OH excluding ortho intramolecular Hbond substituents is 1. The predicted octanol–water partition coefficient (Wildman–Crippen LogP) is 6.92. The van der Waals surface area contributed by atoms with Crippen LogP contribution in [0, 0.1) is 5.92 Å². The molecule has 1 aromatic carbocycles.